The topological polar surface area (TPSA) is 63.7 Å². The number of benzene rings is 2. The van der Waals surface area contributed by atoms with Gasteiger partial charge in [-0.25, -0.2) is 8.42 Å². The molecule has 0 saturated carbocycles. The Morgan fingerprint density at radius 3 is 2.58 bits per heavy atom. The van der Waals surface area contributed by atoms with E-state index in [9.17, 15) is 13.2 Å². The summed E-state index contributed by atoms with van der Waals surface area (Å²) in [6.45, 7) is 0.190. The van der Waals surface area contributed by atoms with Gasteiger partial charge in [0.1, 0.15) is 5.75 Å². The highest BCUT2D eigenvalue weighted by atomic mass is 32.2. The first-order valence-corrected chi connectivity index (χ1v) is 9.38. The van der Waals surface area contributed by atoms with Crippen molar-refractivity contribution in [2.75, 3.05) is 23.7 Å². The number of hydrogen-bond acceptors (Lipinski definition) is 4. The van der Waals surface area contributed by atoms with Crippen molar-refractivity contribution in [2.45, 2.75) is 12.8 Å². The highest BCUT2D eigenvalue weighted by molar-refractivity contribution is 7.92. The van der Waals surface area contributed by atoms with Crippen LogP contribution in [0.1, 0.15) is 22.3 Å². The smallest absolute Gasteiger partial charge is 0.235 e. The summed E-state index contributed by atoms with van der Waals surface area (Å²) in [4.78, 5) is 12.1. The van der Waals surface area contributed by atoms with Crippen LogP contribution in [0.15, 0.2) is 48.5 Å². The van der Waals surface area contributed by atoms with E-state index in [1.54, 1.807) is 18.2 Å². The van der Waals surface area contributed by atoms with Crippen molar-refractivity contribution in [1.82, 2.24) is 0 Å². The molecule has 0 atom stereocenters. The van der Waals surface area contributed by atoms with Crippen LogP contribution in [0.3, 0.4) is 0 Å². The number of sulfonamides is 1. The second-order valence-electron chi connectivity index (χ2n) is 5.68. The quantitative estimate of drug-likeness (QED) is 0.836. The van der Waals surface area contributed by atoms with Crippen molar-refractivity contribution in [3.8, 4) is 5.75 Å². The molecule has 2 aromatic carbocycles. The molecule has 0 saturated heterocycles. The van der Waals surface area contributed by atoms with Crippen LogP contribution in [0, 0.1) is 0 Å². The van der Waals surface area contributed by atoms with Gasteiger partial charge >= 0.3 is 0 Å². The second-order valence-corrected chi connectivity index (χ2v) is 7.69. The number of ether oxygens (including phenoxy) is 1. The molecule has 5 nitrogen and oxygen atoms in total. The molecule has 1 heterocycles. The molecule has 0 fully saturated rings. The molecule has 3 rings (SSSR count). The number of methoxy groups -OCH3 is 1. The third-order valence-electron chi connectivity index (χ3n) is 4.14. The predicted octanol–water partition coefficient (Wildman–Crippen LogP) is 2.66. The summed E-state index contributed by atoms with van der Waals surface area (Å²) in [6.07, 6.45) is 0.629. The SMILES string of the molecule is COc1ccc2c(c1)C(=O)CCN2S(=O)(=O)CCc1ccccc1. The summed E-state index contributed by atoms with van der Waals surface area (Å²) in [5, 5.41) is 0. The van der Waals surface area contributed by atoms with Crippen LogP contribution in [0.25, 0.3) is 0 Å². The zero-order chi connectivity index (χ0) is 17.2. The van der Waals surface area contributed by atoms with Crippen molar-refractivity contribution < 1.29 is 17.9 Å². The van der Waals surface area contributed by atoms with Crippen molar-refractivity contribution in [2.24, 2.45) is 0 Å². The molecular formula is C18H19NO4S. The number of hydrogen-bond donors (Lipinski definition) is 0. The minimum absolute atomic E-state index is 0.0106. The van der Waals surface area contributed by atoms with E-state index in [1.165, 1.54) is 11.4 Å². The molecule has 0 spiro atoms. The maximum Gasteiger partial charge on any atom is 0.235 e. The Morgan fingerprint density at radius 2 is 1.88 bits per heavy atom. The van der Waals surface area contributed by atoms with E-state index < -0.39 is 10.0 Å². The van der Waals surface area contributed by atoms with E-state index >= 15 is 0 Å². The van der Waals surface area contributed by atoms with Gasteiger partial charge in [0, 0.05) is 18.5 Å². The van der Waals surface area contributed by atoms with Crippen LogP contribution in [-0.4, -0.2) is 33.6 Å². The van der Waals surface area contributed by atoms with Crippen LogP contribution < -0.4 is 9.04 Å². The molecule has 0 N–H and O–H groups in total. The minimum Gasteiger partial charge on any atom is -0.497 e. The van der Waals surface area contributed by atoms with Crippen molar-refractivity contribution in [3.63, 3.8) is 0 Å². The standard InChI is InChI=1S/C18H19NO4S/c1-23-15-7-8-17-16(13-15)18(20)9-11-19(17)24(21,22)12-10-14-5-3-2-4-6-14/h2-8,13H,9-12H2,1H3. The summed E-state index contributed by atoms with van der Waals surface area (Å²) in [5.41, 5.74) is 1.83. The molecule has 0 bridgehead atoms. The number of fused-ring (bicyclic) bond motifs is 1. The van der Waals surface area contributed by atoms with Crippen molar-refractivity contribution in [3.05, 3.63) is 59.7 Å². The third kappa shape index (κ3) is 3.28. The maximum absolute atomic E-state index is 12.8. The second kappa shape index (κ2) is 6.65. The average Bonchev–Trinajstić information content (AvgIpc) is 2.61. The van der Waals surface area contributed by atoms with Crippen molar-refractivity contribution >= 4 is 21.5 Å². The zero-order valence-electron chi connectivity index (χ0n) is 13.4. The van der Waals surface area contributed by atoms with Crippen LogP contribution in [0.5, 0.6) is 5.75 Å². The predicted molar refractivity (Wildman–Crippen MR) is 93.2 cm³/mol. The van der Waals surface area contributed by atoms with Crippen LogP contribution >= 0.6 is 0 Å². The van der Waals surface area contributed by atoms with Gasteiger partial charge in [-0.1, -0.05) is 30.3 Å². The Kier molecular flexibility index (Phi) is 4.57. The summed E-state index contributed by atoms with van der Waals surface area (Å²) in [6, 6.07) is 14.4. The zero-order valence-corrected chi connectivity index (χ0v) is 14.3. The molecule has 2 aromatic rings. The number of rotatable bonds is 5. The van der Waals surface area contributed by atoms with Gasteiger partial charge in [-0.3, -0.25) is 9.10 Å². The summed E-state index contributed by atoms with van der Waals surface area (Å²) >= 11 is 0. The summed E-state index contributed by atoms with van der Waals surface area (Å²) in [7, 11) is -1.98. The molecule has 6 heteroatoms. The lowest BCUT2D eigenvalue weighted by molar-refractivity contribution is 0.0981. The normalized spacial score (nSPS) is 14.4. The van der Waals surface area contributed by atoms with Gasteiger partial charge in [-0.2, -0.15) is 0 Å². The molecule has 24 heavy (non-hydrogen) atoms. The maximum atomic E-state index is 12.8. The van der Waals surface area contributed by atoms with Gasteiger partial charge in [0.25, 0.3) is 0 Å². The first kappa shape index (κ1) is 16.5. The van der Waals surface area contributed by atoms with Gasteiger partial charge in [0.05, 0.1) is 18.6 Å². The Bertz CT molecular complexity index is 847. The Labute approximate surface area is 141 Å². The first-order valence-electron chi connectivity index (χ1n) is 7.77. The van der Waals surface area contributed by atoms with Crippen LogP contribution in [0.4, 0.5) is 5.69 Å². The van der Waals surface area contributed by atoms with Gasteiger partial charge in [-0.15, -0.1) is 0 Å². The third-order valence-corrected chi connectivity index (χ3v) is 5.91. The van der Waals surface area contributed by atoms with Gasteiger partial charge in [0.15, 0.2) is 5.78 Å². The lowest BCUT2D eigenvalue weighted by Gasteiger charge is -2.30. The number of nitrogens with zero attached hydrogens (tertiary/aromatic N) is 1. The summed E-state index contributed by atoms with van der Waals surface area (Å²) < 4.78 is 32.0. The Balaban J connectivity index is 1.87. The van der Waals surface area contributed by atoms with E-state index in [1.807, 2.05) is 30.3 Å². The summed E-state index contributed by atoms with van der Waals surface area (Å²) in [5.74, 6) is 0.500. The highest BCUT2D eigenvalue weighted by Gasteiger charge is 2.31. The molecule has 0 aromatic heterocycles. The molecule has 1 aliphatic rings. The molecule has 126 valence electrons. The van der Waals surface area contributed by atoms with E-state index in [2.05, 4.69) is 0 Å². The van der Waals surface area contributed by atoms with Crippen LogP contribution in [-0.2, 0) is 16.4 Å². The molecular weight excluding hydrogens is 326 g/mol. The van der Waals surface area contributed by atoms with E-state index in [4.69, 9.17) is 4.74 Å². The fourth-order valence-electron chi connectivity index (χ4n) is 2.83. The van der Waals surface area contributed by atoms with Gasteiger partial charge in [-0.05, 0) is 30.2 Å². The number of carbonyl (C=O) groups is 1. The minimum atomic E-state index is -3.50. The number of anilines is 1. The highest BCUT2D eigenvalue weighted by Crippen LogP contribution is 2.32. The van der Waals surface area contributed by atoms with Gasteiger partial charge < -0.3 is 4.74 Å². The molecule has 1 aliphatic heterocycles. The lowest BCUT2D eigenvalue weighted by Crippen LogP contribution is -2.39. The molecule has 0 aliphatic carbocycles. The first-order chi connectivity index (χ1) is 11.5. The largest absolute Gasteiger partial charge is 0.497 e. The van der Waals surface area contributed by atoms with Crippen LogP contribution in [0.2, 0.25) is 0 Å². The molecule has 0 radical (unpaired) electrons. The number of ketones is 1. The molecule has 0 unspecified atom stereocenters. The fourth-order valence-corrected chi connectivity index (χ4v) is 4.37. The van der Waals surface area contributed by atoms with E-state index in [0.29, 0.717) is 23.4 Å². The van der Waals surface area contributed by atoms with E-state index in [0.717, 1.165) is 5.56 Å². The monoisotopic (exact) mass is 345 g/mol. The van der Waals surface area contributed by atoms with Gasteiger partial charge in [0.2, 0.25) is 10.0 Å². The van der Waals surface area contributed by atoms with E-state index in [-0.39, 0.29) is 24.5 Å². The Hall–Kier alpha value is -2.34. The Morgan fingerprint density at radius 1 is 1.12 bits per heavy atom. The number of aryl methyl sites for hydroxylation is 1. The number of carbonyl (C=O) groups excluding carboxylic acids is 1. The fraction of sp³-hybridized carbons (Fsp3) is 0.278. The average molecular weight is 345 g/mol. The number of Topliss-reactive ketones (excluding diaryl/α,β-unsaturated/α-hetero) is 1. The molecule has 0 amide bonds. The lowest BCUT2D eigenvalue weighted by atomic mass is 10.0. The van der Waals surface area contributed by atoms with Crippen molar-refractivity contribution in [1.29, 1.82) is 0 Å².